The van der Waals surface area contributed by atoms with Gasteiger partial charge in [-0.3, -0.25) is 24.6 Å². The molecule has 0 unspecified atom stereocenters. The fourth-order valence-electron chi connectivity index (χ4n) is 5.54. The smallest absolute Gasteiger partial charge is 0.256 e. The molecule has 3 aromatic rings. The van der Waals surface area contributed by atoms with Gasteiger partial charge in [0.25, 0.3) is 5.91 Å². The van der Waals surface area contributed by atoms with Crippen LogP contribution >= 0.6 is 0 Å². The number of hydrogen-bond acceptors (Lipinski definition) is 4. The van der Waals surface area contributed by atoms with Gasteiger partial charge in [0.2, 0.25) is 5.91 Å². The average molecular weight is 454 g/mol. The van der Waals surface area contributed by atoms with Gasteiger partial charge in [0.15, 0.2) is 0 Å². The number of amides is 2. The Morgan fingerprint density at radius 3 is 2.62 bits per heavy atom. The number of aliphatic imine (C=N–C) groups is 1. The van der Waals surface area contributed by atoms with E-state index in [0.29, 0.717) is 18.4 Å². The van der Waals surface area contributed by atoms with Crippen LogP contribution < -0.4 is 0 Å². The normalized spacial score (nSPS) is 23.2. The number of fused-ring (bicyclic) bond motifs is 1. The molecule has 2 aromatic carbocycles. The van der Waals surface area contributed by atoms with E-state index in [-0.39, 0.29) is 11.8 Å². The van der Waals surface area contributed by atoms with E-state index >= 15 is 0 Å². The zero-order chi connectivity index (χ0) is 22.9. The number of carbonyl (C=O) groups excluding carboxylic acids is 2. The van der Waals surface area contributed by atoms with Gasteiger partial charge < -0.3 is 4.90 Å². The maximum atomic E-state index is 13.3. The lowest BCUT2D eigenvalue weighted by molar-refractivity contribution is -0.131. The van der Waals surface area contributed by atoms with Gasteiger partial charge in [0.05, 0.1) is 11.7 Å². The van der Waals surface area contributed by atoms with Crippen LogP contribution in [0.2, 0.25) is 0 Å². The van der Waals surface area contributed by atoms with E-state index < -0.39 is 5.54 Å². The average Bonchev–Trinajstić information content (AvgIpc) is 3.74. The third-order valence-corrected chi connectivity index (χ3v) is 7.85. The van der Waals surface area contributed by atoms with Gasteiger partial charge in [-0.15, -0.1) is 0 Å². The Bertz CT molecular complexity index is 1330. The van der Waals surface area contributed by atoms with Crippen LogP contribution in [0.25, 0.3) is 22.0 Å². The van der Waals surface area contributed by atoms with Gasteiger partial charge in [0.1, 0.15) is 11.4 Å². The number of H-pyrrole nitrogens is 1. The first kappa shape index (κ1) is 19.9. The molecule has 3 heterocycles. The number of carbonyl (C=O) groups is 2. The fourth-order valence-corrected chi connectivity index (χ4v) is 5.54. The van der Waals surface area contributed by atoms with Crippen molar-refractivity contribution in [1.29, 1.82) is 0 Å². The SMILES string of the molecule is O=C(C1CC1)N1CC[C@@H](CN2C(=O)C3(CC3)N=C2c2ccc(-c3cccc4[nH]ncc34)cc2)C1. The zero-order valence-electron chi connectivity index (χ0n) is 19.0. The molecule has 7 heteroatoms. The summed E-state index contributed by atoms with van der Waals surface area (Å²) >= 11 is 0. The summed E-state index contributed by atoms with van der Waals surface area (Å²) in [7, 11) is 0. The zero-order valence-corrected chi connectivity index (χ0v) is 19.0. The Balaban J connectivity index is 1.14. The third kappa shape index (κ3) is 3.17. The minimum absolute atomic E-state index is 0.140. The standard InChI is InChI=1S/C27H27N5O2/c33-25(20-8-9-20)31-13-10-17(15-31)16-32-24(29-27(11-12-27)26(32)34)19-6-4-18(5-7-19)21-2-1-3-23-22(21)14-28-30-23/h1-7,14,17,20H,8-13,15-16H2,(H,28,30)/t17-/m1/s1. The second kappa shape index (κ2) is 7.26. The quantitative estimate of drug-likeness (QED) is 0.641. The van der Waals surface area contributed by atoms with Crippen molar-refractivity contribution < 1.29 is 9.59 Å². The number of rotatable bonds is 5. The molecule has 172 valence electrons. The summed E-state index contributed by atoms with van der Waals surface area (Å²) in [6.45, 7) is 2.21. The first-order valence-electron chi connectivity index (χ1n) is 12.3. The molecular formula is C27H27N5O2. The fraction of sp³-hybridized carbons (Fsp3) is 0.407. The second-order valence-corrected chi connectivity index (χ2v) is 10.3. The molecule has 7 rings (SSSR count). The van der Waals surface area contributed by atoms with Crippen molar-refractivity contribution in [3.05, 3.63) is 54.2 Å². The molecule has 1 aromatic heterocycles. The van der Waals surface area contributed by atoms with E-state index in [1.54, 1.807) is 0 Å². The van der Waals surface area contributed by atoms with Crippen molar-refractivity contribution in [3.8, 4) is 11.1 Å². The topological polar surface area (TPSA) is 81.7 Å². The predicted molar refractivity (Wildman–Crippen MR) is 129 cm³/mol. The van der Waals surface area contributed by atoms with Crippen molar-refractivity contribution in [2.24, 2.45) is 16.8 Å². The van der Waals surface area contributed by atoms with Gasteiger partial charge in [0, 0.05) is 36.5 Å². The molecule has 7 nitrogen and oxygen atoms in total. The highest BCUT2D eigenvalue weighted by Crippen LogP contribution is 2.46. The van der Waals surface area contributed by atoms with Crippen molar-refractivity contribution in [2.45, 2.75) is 37.6 Å². The molecule has 2 amide bonds. The van der Waals surface area contributed by atoms with Crippen molar-refractivity contribution >= 4 is 28.6 Å². The molecule has 1 spiro atoms. The van der Waals surface area contributed by atoms with Crippen LogP contribution in [-0.4, -0.2) is 62.8 Å². The van der Waals surface area contributed by atoms with E-state index in [9.17, 15) is 9.59 Å². The molecule has 1 N–H and O–H groups in total. The van der Waals surface area contributed by atoms with Gasteiger partial charge in [-0.1, -0.05) is 36.4 Å². The highest BCUT2D eigenvalue weighted by Gasteiger charge is 2.57. The molecule has 2 aliphatic carbocycles. The summed E-state index contributed by atoms with van der Waals surface area (Å²) in [5, 5.41) is 8.29. The number of nitrogens with zero attached hydrogens (tertiary/aromatic N) is 4. The minimum Gasteiger partial charge on any atom is -0.342 e. The maximum Gasteiger partial charge on any atom is 0.256 e. The molecule has 34 heavy (non-hydrogen) atoms. The van der Waals surface area contributed by atoms with Gasteiger partial charge >= 0.3 is 0 Å². The summed E-state index contributed by atoms with van der Waals surface area (Å²) in [6.07, 6.45) is 6.56. The molecule has 2 aliphatic heterocycles. The first-order valence-corrected chi connectivity index (χ1v) is 12.3. The minimum atomic E-state index is -0.529. The third-order valence-electron chi connectivity index (χ3n) is 7.85. The Morgan fingerprint density at radius 2 is 1.85 bits per heavy atom. The second-order valence-electron chi connectivity index (χ2n) is 10.3. The monoisotopic (exact) mass is 453 g/mol. The van der Waals surface area contributed by atoms with Crippen molar-refractivity contribution in [2.75, 3.05) is 19.6 Å². The van der Waals surface area contributed by atoms with E-state index in [1.807, 2.05) is 28.1 Å². The molecule has 1 atom stereocenters. The number of aromatic nitrogens is 2. The Labute approximate surface area is 197 Å². The molecule has 0 radical (unpaired) electrons. The Hall–Kier alpha value is -3.48. The maximum absolute atomic E-state index is 13.3. The summed E-state index contributed by atoms with van der Waals surface area (Å²) in [4.78, 5) is 34.7. The van der Waals surface area contributed by atoms with E-state index in [2.05, 4.69) is 40.5 Å². The van der Waals surface area contributed by atoms with Crippen LogP contribution in [0.15, 0.2) is 53.7 Å². The van der Waals surface area contributed by atoms with Crippen LogP contribution in [0.1, 0.15) is 37.7 Å². The molecule has 3 fully saturated rings. The largest absolute Gasteiger partial charge is 0.342 e. The number of aromatic amines is 1. The van der Waals surface area contributed by atoms with Crippen LogP contribution in [0.5, 0.6) is 0 Å². The summed E-state index contributed by atoms with van der Waals surface area (Å²) in [6, 6.07) is 14.5. The molecule has 1 saturated heterocycles. The van der Waals surface area contributed by atoms with E-state index in [0.717, 1.165) is 78.6 Å². The summed E-state index contributed by atoms with van der Waals surface area (Å²) < 4.78 is 0. The van der Waals surface area contributed by atoms with Crippen LogP contribution in [0.3, 0.4) is 0 Å². The Morgan fingerprint density at radius 1 is 1.06 bits per heavy atom. The van der Waals surface area contributed by atoms with Crippen molar-refractivity contribution in [1.82, 2.24) is 20.0 Å². The van der Waals surface area contributed by atoms with Crippen LogP contribution in [0, 0.1) is 11.8 Å². The number of nitrogens with one attached hydrogen (secondary N) is 1. The van der Waals surface area contributed by atoms with Crippen molar-refractivity contribution in [3.63, 3.8) is 0 Å². The summed E-state index contributed by atoms with van der Waals surface area (Å²) in [5.74, 6) is 1.81. The molecular weight excluding hydrogens is 426 g/mol. The predicted octanol–water partition coefficient (Wildman–Crippen LogP) is 3.61. The highest BCUT2D eigenvalue weighted by atomic mass is 16.2. The van der Waals surface area contributed by atoms with Gasteiger partial charge in [-0.05, 0) is 55.2 Å². The first-order chi connectivity index (χ1) is 16.6. The number of likely N-dealkylation sites (tertiary alicyclic amines) is 1. The number of hydrogen-bond donors (Lipinski definition) is 1. The van der Waals surface area contributed by atoms with E-state index in [4.69, 9.17) is 4.99 Å². The molecule has 0 bridgehead atoms. The lowest BCUT2D eigenvalue weighted by atomic mass is 10.00. The van der Waals surface area contributed by atoms with Gasteiger partial charge in [-0.2, -0.15) is 5.10 Å². The lowest BCUT2D eigenvalue weighted by Crippen LogP contribution is -2.40. The number of benzene rings is 2. The molecule has 4 aliphatic rings. The molecule has 2 saturated carbocycles. The highest BCUT2D eigenvalue weighted by molar-refractivity contribution is 6.16. The van der Waals surface area contributed by atoms with E-state index in [1.165, 1.54) is 0 Å². The lowest BCUT2D eigenvalue weighted by Gasteiger charge is -2.23. The summed E-state index contributed by atoms with van der Waals surface area (Å²) in [5.41, 5.74) is 3.70. The Kier molecular flexibility index (Phi) is 4.26. The van der Waals surface area contributed by atoms with Gasteiger partial charge in [-0.25, -0.2) is 0 Å². The van der Waals surface area contributed by atoms with Crippen LogP contribution in [-0.2, 0) is 9.59 Å². The number of amidine groups is 1. The van der Waals surface area contributed by atoms with Crippen LogP contribution in [0.4, 0.5) is 0 Å².